The van der Waals surface area contributed by atoms with Gasteiger partial charge in [-0.1, -0.05) is 5.82 Å². The second kappa shape index (κ2) is 5.79. The first-order chi connectivity index (χ1) is 5.45. The topological polar surface area (TPSA) is 46.5 Å². The van der Waals surface area contributed by atoms with Gasteiger partial charge in [-0.2, -0.15) is 0 Å². The molecule has 0 saturated heterocycles. The first-order valence-electron chi connectivity index (χ1n) is 3.94. The van der Waals surface area contributed by atoms with Gasteiger partial charge in [0.25, 0.3) is 0 Å². The summed E-state index contributed by atoms with van der Waals surface area (Å²) in [5.74, 6) is -0.224. The van der Waals surface area contributed by atoms with Crippen molar-refractivity contribution in [3.63, 3.8) is 0 Å². The Bertz CT molecular complexity index is 157. The molecule has 0 amide bonds. The summed E-state index contributed by atoms with van der Waals surface area (Å²) in [5, 5.41) is 8.56. The average molecular weight is 190 g/mol. The first kappa shape index (κ1) is 12.2. The number of hydrogen-bond acceptors (Lipinski definition) is 3. The maximum atomic E-state index is 11.1. The Hall–Kier alpha value is 0.215. The zero-order chi connectivity index (χ0) is 9.61. The number of ether oxygens (including phenoxy) is 1. The van der Waals surface area contributed by atoms with Crippen LogP contribution in [0, 0.1) is 0 Å². The number of rotatable bonds is 6. The van der Waals surface area contributed by atoms with Crippen molar-refractivity contribution in [1.82, 2.24) is 0 Å². The zero-order valence-corrected chi connectivity index (χ0v) is 8.59. The molecule has 70 valence electrons. The highest BCUT2D eigenvalue weighted by Crippen LogP contribution is 2.35. The van der Waals surface area contributed by atoms with Crippen LogP contribution in [0.1, 0.15) is 6.42 Å². The maximum Gasteiger partial charge on any atom is 0.106 e. The molecule has 0 aromatic rings. The van der Waals surface area contributed by atoms with Crippen molar-refractivity contribution in [3.05, 3.63) is 0 Å². The van der Waals surface area contributed by atoms with Crippen LogP contribution in [0.15, 0.2) is 0 Å². The second-order valence-electron chi connectivity index (χ2n) is 3.34. The van der Waals surface area contributed by atoms with E-state index in [0.717, 1.165) is 0 Å². The van der Waals surface area contributed by atoms with E-state index < -0.39 is 7.14 Å². The fraction of sp³-hybridized carbons (Fsp3) is 1.00. The molecule has 0 heterocycles. The molecule has 0 spiro atoms. The fourth-order valence-corrected chi connectivity index (χ4v) is 1.18. The van der Waals surface area contributed by atoms with E-state index in [1.54, 1.807) is 13.3 Å². The molecule has 1 N–H and O–H groups in total. The van der Waals surface area contributed by atoms with Gasteiger partial charge in [0, 0.05) is 13.2 Å². The summed E-state index contributed by atoms with van der Waals surface area (Å²) < 4.78 is 16.2. The summed E-state index contributed by atoms with van der Waals surface area (Å²) in [6, 6.07) is 0. The van der Waals surface area contributed by atoms with Gasteiger partial charge in [-0.05, 0) is 19.8 Å². The van der Waals surface area contributed by atoms with E-state index in [-0.39, 0.29) is 12.4 Å². The fourth-order valence-electron chi connectivity index (χ4n) is 0.610. The minimum atomic E-state index is -2.06. The minimum Gasteiger partial charge on any atom is -0.397 e. The summed E-state index contributed by atoms with van der Waals surface area (Å²) in [4.78, 5) is 0. The molecular formula is C7H16BO3P. The Labute approximate surface area is 75.3 Å². The summed E-state index contributed by atoms with van der Waals surface area (Å²) in [6.45, 7) is 3.80. The standard InChI is InChI=1S/C7H16BO3P/c1-12(2,10)6-11-4-3-7(8)5-9/h7,9H,3-6H2,1-2H3. The van der Waals surface area contributed by atoms with Crippen LogP contribution in [0.25, 0.3) is 0 Å². The minimum absolute atomic E-state index is 0.0285. The molecule has 0 aliphatic rings. The lowest BCUT2D eigenvalue weighted by Crippen LogP contribution is -2.04. The third kappa shape index (κ3) is 8.31. The van der Waals surface area contributed by atoms with E-state index in [1.807, 2.05) is 0 Å². The van der Waals surface area contributed by atoms with Gasteiger partial charge in [0.1, 0.15) is 7.14 Å². The molecule has 3 nitrogen and oxygen atoms in total. The van der Waals surface area contributed by atoms with Crippen LogP contribution in [-0.4, -0.2) is 45.8 Å². The third-order valence-electron chi connectivity index (χ3n) is 1.27. The van der Waals surface area contributed by atoms with Crippen molar-refractivity contribution in [2.75, 3.05) is 32.9 Å². The largest absolute Gasteiger partial charge is 0.397 e. The monoisotopic (exact) mass is 190 g/mol. The molecule has 0 aliphatic heterocycles. The maximum absolute atomic E-state index is 11.1. The lowest BCUT2D eigenvalue weighted by Gasteiger charge is -2.10. The normalized spacial score (nSPS) is 14.6. The summed E-state index contributed by atoms with van der Waals surface area (Å²) in [5.41, 5.74) is 0. The highest BCUT2D eigenvalue weighted by Gasteiger charge is 2.06. The van der Waals surface area contributed by atoms with E-state index in [2.05, 4.69) is 0 Å². The highest BCUT2D eigenvalue weighted by atomic mass is 31.2. The van der Waals surface area contributed by atoms with E-state index in [9.17, 15) is 4.57 Å². The molecule has 0 bridgehead atoms. The van der Waals surface area contributed by atoms with Crippen molar-refractivity contribution in [3.8, 4) is 0 Å². The van der Waals surface area contributed by atoms with Crippen molar-refractivity contribution in [2.45, 2.75) is 12.2 Å². The van der Waals surface area contributed by atoms with Crippen LogP contribution in [0.2, 0.25) is 5.82 Å². The Morgan fingerprint density at radius 3 is 2.58 bits per heavy atom. The van der Waals surface area contributed by atoms with Gasteiger partial charge in [0.05, 0.1) is 14.2 Å². The predicted octanol–water partition coefficient (Wildman–Crippen LogP) is 0.923. The molecule has 1 unspecified atom stereocenters. The molecular weight excluding hydrogens is 174 g/mol. The smallest absolute Gasteiger partial charge is 0.106 e. The lowest BCUT2D eigenvalue weighted by atomic mass is 9.86. The van der Waals surface area contributed by atoms with Crippen LogP contribution in [0.5, 0.6) is 0 Å². The molecule has 0 aromatic heterocycles. The predicted molar refractivity (Wildman–Crippen MR) is 51.5 cm³/mol. The second-order valence-corrected chi connectivity index (χ2v) is 6.75. The van der Waals surface area contributed by atoms with Gasteiger partial charge in [0.2, 0.25) is 0 Å². The van der Waals surface area contributed by atoms with Crippen LogP contribution >= 0.6 is 7.14 Å². The molecule has 1 atom stereocenters. The van der Waals surface area contributed by atoms with E-state index in [4.69, 9.17) is 17.7 Å². The van der Waals surface area contributed by atoms with E-state index in [1.165, 1.54) is 0 Å². The quantitative estimate of drug-likeness (QED) is 0.384. The van der Waals surface area contributed by atoms with Gasteiger partial charge in [0.15, 0.2) is 0 Å². The molecule has 0 aliphatic carbocycles. The molecule has 0 fully saturated rings. The molecule has 0 saturated carbocycles. The number of hydrogen-bond donors (Lipinski definition) is 1. The van der Waals surface area contributed by atoms with Crippen molar-refractivity contribution < 1.29 is 14.4 Å². The van der Waals surface area contributed by atoms with E-state index >= 15 is 0 Å². The Balaban J connectivity index is 3.28. The van der Waals surface area contributed by atoms with Crippen LogP contribution in [0.3, 0.4) is 0 Å². The van der Waals surface area contributed by atoms with Crippen LogP contribution < -0.4 is 0 Å². The Morgan fingerprint density at radius 1 is 1.58 bits per heavy atom. The average Bonchev–Trinajstić information content (AvgIpc) is 1.96. The Morgan fingerprint density at radius 2 is 2.17 bits per heavy atom. The van der Waals surface area contributed by atoms with Crippen LogP contribution in [0.4, 0.5) is 0 Å². The van der Waals surface area contributed by atoms with Crippen molar-refractivity contribution in [2.24, 2.45) is 0 Å². The molecule has 5 heteroatoms. The molecule has 0 rings (SSSR count). The van der Waals surface area contributed by atoms with Gasteiger partial charge in [-0.15, -0.1) is 0 Å². The van der Waals surface area contributed by atoms with E-state index in [0.29, 0.717) is 19.4 Å². The molecule has 12 heavy (non-hydrogen) atoms. The van der Waals surface area contributed by atoms with Gasteiger partial charge >= 0.3 is 0 Å². The number of aliphatic hydroxyl groups excluding tert-OH is 1. The SMILES string of the molecule is [B]C(CO)CCOCP(C)(C)=O. The third-order valence-corrected chi connectivity index (χ3v) is 2.07. The lowest BCUT2D eigenvalue weighted by molar-refractivity contribution is 0.163. The Kier molecular flexibility index (Phi) is 5.90. The van der Waals surface area contributed by atoms with Crippen LogP contribution in [-0.2, 0) is 9.30 Å². The van der Waals surface area contributed by atoms with Gasteiger partial charge < -0.3 is 14.4 Å². The molecule has 2 radical (unpaired) electrons. The summed E-state index contributed by atoms with van der Waals surface area (Å²) >= 11 is 0. The summed E-state index contributed by atoms with van der Waals surface area (Å²) in [6.07, 6.45) is 0.904. The van der Waals surface area contributed by atoms with Crippen molar-refractivity contribution >= 4 is 15.0 Å². The summed E-state index contributed by atoms with van der Waals surface area (Å²) in [7, 11) is 3.36. The van der Waals surface area contributed by atoms with Gasteiger partial charge in [-0.3, -0.25) is 0 Å². The highest BCUT2D eigenvalue weighted by molar-refractivity contribution is 7.62. The van der Waals surface area contributed by atoms with Crippen molar-refractivity contribution in [1.29, 1.82) is 0 Å². The molecule has 0 aromatic carbocycles. The first-order valence-corrected chi connectivity index (χ1v) is 6.72. The zero-order valence-electron chi connectivity index (χ0n) is 7.69. The number of aliphatic hydroxyl groups is 1. The van der Waals surface area contributed by atoms with Gasteiger partial charge in [-0.25, -0.2) is 0 Å².